The highest BCUT2D eigenvalue weighted by Crippen LogP contribution is 2.35. The molecule has 3 aromatic heterocycles. The Morgan fingerprint density at radius 2 is 1.86 bits per heavy atom. The summed E-state index contributed by atoms with van der Waals surface area (Å²) in [5, 5.41) is 8.05. The van der Waals surface area contributed by atoms with Crippen LogP contribution in [0.25, 0.3) is 27.6 Å². The molecule has 7 rings (SSSR count). The topological polar surface area (TPSA) is 105 Å². The largest absolute Gasteiger partial charge is 0.326 e. The Labute approximate surface area is 256 Å². The number of carbonyl (C=O) groups is 2. The first-order valence-corrected chi connectivity index (χ1v) is 15.0. The van der Waals surface area contributed by atoms with E-state index in [1.165, 1.54) is 23.5 Å². The summed E-state index contributed by atoms with van der Waals surface area (Å²) < 4.78 is 16.5. The number of hydrogen-bond acceptors (Lipinski definition) is 7. The summed E-state index contributed by atoms with van der Waals surface area (Å²) >= 11 is 1.50. The normalized spacial score (nSPS) is 13.0. The van der Waals surface area contributed by atoms with Crippen LogP contribution in [0, 0.1) is 5.82 Å². The van der Waals surface area contributed by atoms with Gasteiger partial charge in [0.25, 0.3) is 0 Å². The smallest absolute Gasteiger partial charge is 0.228 e. The lowest BCUT2D eigenvalue weighted by molar-refractivity contribution is -0.117. The molecule has 218 valence electrons. The van der Waals surface area contributed by atoms with Crippen molar-refractivity contribution in [1.29, 1.82) is 0 Å². The molecule has 2 amide bonds. The zero-order valence-electron chi connectivity index (χ0n) is 23.4. The van der Waals surface area contributed by atoms with E-state index in [1.807, 2.05) is 70.6 Å². The highest BCUT2D eigenvalue weighted by atomic mass is 32.1. The fraction of sp³-hybridized carbons (Fsp3) is 0.121. The van der Waals surface area contributed by atoms with Crippen LogP contribution in [-0.4, -0.2) is 37.7 Å². The summed E-state index contributed by atoms with van der Waals surface area (Å²) in [6.07, 6.45) is 5.03. The van der Waals surface area contributed by atoms with Crippen molar-refractivity contribution in [3.8, 4) is 22.6 Å². The Hall–Kier alpha value is -5.42. The van der Waals surface area contributed by atoms with Gasteiger partial charge >= 0.3 is 0 Å². The van der Waals surface area contributed by atoms with Gasteiger partial charge in [-0.15, -0.1) is 11.3 Å². The number of rotatable bonds is 8. The van der Waals surface area contributed by atoms with Crippen LogP contribution in [0.4, 0.5) is 27.4 Å². The molecular weight excluding hydrogens is 577 g/mol. The highest BCUT2D eigenvalue weighted by molar-refractivity contribution is 7.15. The van der Waals surface area contributed by atoms with E-state index in [1.54, 1.807) is 23.2 Å². The average Bonchev–Trinajstić information content (AvgIpc) is 3.74. The summed E-state index contributed by atoms with van der Waals surface area (Å²) in [7, 11) is 0. The molecule has 6 aromatic rings. The average molecular weight is 604 g/mol. The lowest BCUT2D eigenvalue weighted by atomic mass is 10.1. The second-order valence-electron chi connectivity index (χ2n) is 10.4. The number of thiazole rings is 1. The van der Waals surface area contributed by atoms with E-state index in [4.69, 9.17) is 9.97 Å². The van der Waals surface area contributed by atoms with Gasteiger partial charge in [-0.3, -0.25) is 14.0 Å². The van der Waals surface area contributed by atoms with Gasteiger partial charge in [-0.05, 0) is 48.4 Å². The molecule has 1 saturated heterocycles. The molecular formula is C33H26FN7O2S. The molecule has 1 fully saturated rings. The molecule has 0 unspecified atom stereocenters. The van der Waals surface area contributed by atoms with E-state index in [2.05, 4.69) is 15.6 Å². The minimum atomic E-state index is -0.463. The molecule has 1 aliphatic rings. The quantitative estimate of drug-likeness (QED) is 0.200. The van der Waals surface area contributed by atoms with Gasteiger partial charge in [-0.1, -0.05) is 42.5 Å². The number of hydrogen-bond donors (Lipinski definition) is 2. The lowest BCUT2D eigenvalue weighted by Crippen LogP contribution is -2.23. The molecule has 44 heavy (non-hydrogen) atoms. The number of nitrogens with zero attached hydrogens (tertiary/aromatic N) is 5. The Kier molecular flexibility index (Phi) is 7.29. The van der Waals surface area contributed by atoms with Gasteiger partial charge in [0.2, 0.25) is 17.8 Å². The maximum absolute atomic E-state index is 14.6. The second kappa shape index (κ2) is 11.7. The standard InChI is InChI=1S/C33H26FN7O2S/c34-23-18-25(20-26(19-23)40-13-5-10-29(40)43)37-32-35-12-11-27(38-32)31-30(39-33-41(31)14-15-44-33)22-8-4-9-24(17-22)36-28(42)16-21-6-2-1-3-7-21/h1-4,6-9,11-12,14-15,17-20H,5,10,13,16H2,(H,36,42)(H,35,37,38). The number of anilines is 4. The minimum absolute atomic E-state index is 0.0207. The van der Waals surface area contributed by atoms with Crippen LogP contribution >= 0.6 is 11.3 Å². The molecule has 0 spiro atoms. The third-order valence-corrected chi connectivity index (χ3v) is 8.07. The second-order valence-corrected chi connectivity index (χ2v) is 11.3. The number of nitrogens with one attached hydrogen (secondary N) is 2. The zero-order valence-corrected chi connectivity index (χ0v) is 24.2. The molecule has 9 nitrogen and oxygen atoms in total. The Morgan fingerprint density at radius 3 is 2.70 bits per heavy atom. The lowest BCUT2D eigenvalue weighted by Gasteiger charge is -2.17. The third kappa shape index (κ3) is 5.64. The van der Waals surface area contributed by atoms with Gasteiger partial charge in [-0.25, -0.2) is 19.3 Å². The van der Waals surface area contributed by atoms with E-state index >= 15 is 0 Å². The molecule has 11 heteroatoms. The first-order chi connectivity index (χ1) is 21.5. The number of benzene rings is 3. The number of aromatic nitrogens is 4. The molecule has 0 atom stereocenters. The van der Waals surface area contributed by atoms with Gasteiger partial charge in [0, 0.05) is 53.4 Å². The van der Waals surface area contributed by atoms with Gasteiger partial charge in [0.05, 0.1) is 17.8 Å². The summed E-state index contributed by atoms with van der Waals surface area (Å²) in [5.41, 5.74) is 5.40. The van der Waals surface area contributed by atoms with Crippen LogP contribution in [0.3, 0.4) is 0 Å². The number of fused-ring (bicyclic) bond motifs is 1. The van der Waals surface area contributed by atoms with Gasteiger partial charge < -0.3 is 15.5 Å². The van der Waals surface area contributed by atoms with Crippen molar-refractivity contribution in [1.82, 2.24) is 19.4 Å². The molecule has 4 heterocycles. The molecule has 1 aliphatic heterocycles. The maximum Gasteiger partial charge on any atom is 0.228 e. The predicted octanol–water partition coefficient (Wildman–Crippen LogP) is 6.71. The molecule has 0 radical (unpaired) electrons. The van der Waals surface area contributed by atoms with E-state index in [-0.39, 0.29) is 24.2 Å². The van der Waals surface area contributed by atoms with Crippen molar-refractivity contribution in [2.75, 3.05) is 22.1 Å². The molecule has 2 N–H and O–H groups in total. The van der Waals surface area contributed by atoms with Crippen LogP contribution in [0.1, 0.15) is 18.4 Å². The van der Waals surface area contributed by atoms with E-state index < -0.39 is 5.82 Å². The Bertz CT molecular complexity index is 2010. The summed E-state index contributed by atoms with van der Waals surface area (Å²) in [5.74, 6) is -0.326. The Balaban J connectivity index is 1.19. The number of carbonyl (C=O) groups excluding carboxylic acids is 2. The van der Waals surface area contributed by atoms with Crippen LogP contribution < -0.4 is 15.5 Å². The predicted molar refractivity (Wildman–Crippen MR) is 170 cm³/mol. The van der Waals surface area contributed by atoms with Crippen molar-refractivity contribution in [2.24, 2.45) is 0 Å². The van der Waals surface area contributed by atoms with Crippen LogP contribution in [0.2, 0.25) is 0 Å². The molecule has 0 saturated carbocycles. The Morgan fingerprint density at radius 1 is 0.977 bits per heavy atom. The van der Waals surface area contributed by atoms with Crippen molar-refractivity contribution in [3.05, 3.63) is 108 Å². The first kappa shape index (κ1) is 27.4. The van der Waals surface area contributed by atoms with Crippen LogP contribution in [0.15, 0.2) is 96.6 Å². The SMILES string of the molecule is O=C(Cc1ccccc1)Nc1cccc(-c2nc3sccn3c2-c2ccnc(Nc3cc(F)cc(N4CCCC4=O)c3)n2)c1. The van der Waals surface area contributed by atoms with Gasteiger partial charge in [0.15, 0.2) is 4.96 Å². The van der Waals surface area contributed by atoms with Crippen molar-refractivity contribution in [3.63, 3.8) is 0 Å². The number of amides is 2. The zero-order chi connectivity index (χ0) is 30.0. The van der Waals surface area contributed by atoms with Crippen molar-refractivity contribution >= 4 is 51.1 Å². The molecule has 3 aromatic carbocycles. The van der Waals surface area contributed by atoms with E-state index in [0.29, 0.717) is 41.4 Å². The van der Waals surface area contributed by atoms with E-state index in [9.17, 15) is 14.0 Å². The summed E-state index contributed by atoms with van der Waals surface area (Å²) in [6.45, 7) is 0.562. The van der Waals surface area contributed by atoms with Crippen molar-refractivity contribution < 1.29 is 14.0 Å². The fourth-order valence-corrected chi connectivity index (χ4v) is 6.08. The number of imidazole rings is 1. The van der Waals surface area contributed by atoms with Crippen LogP contribution in [0.5, 0.6) is 0 Å². The summed E-state index contributed by atoms with van der Waals surface area (Å²) in [4.78, 5) is 41.4. The van der Waals surface area contributed by atoms with Crippen molar-refractivity contribution in [2.45, 2.75) is 19.3 Å². The first-order valence-electron chi connectivity index (χ1n) is 14.1. The van der Waals surface area contributed by atoms with Crippen LogP contribution in [-0.2, 0) is 16.0 Å². The number of halogens is 1. The van der Waals surface area contributed by atoms with Gasteiger partial charge in [0.1, 0.15) is 11.5 Å². The monoisotopic (exact) mass is 603 g/mol. The maximum atomic E-state index is 14.6. The minimum Gasteiger partial charge on any atom is -0.326 e. The summed E-state index contributed by atoms with van der Waals surface area (Å²) in [6, 6.07) is 23.4. The molecule has 0 bridgehead atoms. The van der Waals surface area contributed by atoms with E-state index in [0.717, 1.165) is 28.2 Å². The van der Waals surface area contributed by atoms with Gasteiger partial charge in [-0.2, -0.15) is 0 Å². The third-order valence-electron chi connectivity index (χ3n) is 7.31. The fourth-order valence-electron chi connectivity index (χ4n) is 5.37. The molecule has 0 aliphatic carbocycles. The highest BCUT2D eigenvalue weighted by Gasteiger charge is 2.23.